The number of halogens is 1. The Morgan fingerprint density at radius 1 is 0.926 bits per heavy atom. The lowest BCUT2D eigenvalue weighted by Crippen LogP contribution is -3.00. The molecule has 0 radical (unpaired) electrons. The van der Waals surface area contributed by atoms with Crippen molar-refractivity contribution >= 4 is 16.6 Å². The molecule has 4 rings (SSSR count). The number of hydrogen-bond acceptors (Lipinski definition) is 3. The highest BCUT2D eigenvalue weighted by atomic mass is 79.9. The first-order valence-corrected chi connectivity index (χ1v) is 8.35. The van der Waals surface area contributed by atoms with Gasteiger partial charge in [0.15, 0.2) is 12.2 Å². The van der Waals surface area contributed by atoms with Crippen molar-refractivity contribution in [2.45, 2.75) is 6.54 Å². The van der Waals surface area contributed by atoms with E-state index in [1.165, 1.54) is 0 Å². The van der Waals surface area contributed by atoms with Crippen LogP contribution >= 0.6 is 0 Å². The van der Waals surface area contributed by atoms with Gasteiger partial charge < -0.3 is 22.1 Å². The van der Waals surface area contributed by atoms with Crippen molar-refractivity contribution in [1.82, 2.24) is 4.98 Å². The number of aromatic nitrogens is 2. The van der Waals surface area contributed by atoms with Crippen LogP contribution < -0.4 is 21.5 Å². The zero-order valence-corrected chi connectivity index (χ0v) is 16.0. The molecule has 0 bridgehead atoms. The molecule has 4 aromatic rings. The summed E-state index contributed by atoms with van der Waals surface area (Å²) in [4.78, 5) is 17.0. The van der Waals surface area contributed by atoms with E-state index in [-0.39, 0.29) is 35.1 Å². The number of aromatic hydroxyl groups is 1. The lowest BCUT2D eigenvalue weighted by atomic mass is 10.0. The predicted molar refractivity (Wildman–Crippen MR) is 99.8 cm³/mol. The highest BCUT2D eigenvalue weighted by Crippen LogP contribution is 2.19. The molecule has 27 heavy (non-hydrogen) atoms. The Morgan fingerprint density at radius 2 is 1.67 bits per heavy atom. The van der Waals surface area contributed by atoms with Gasteiger partial charge in [0.2, 0.25) is 5.78 Å². The summed E-state index contributed by atoms with van der Waals surface area (Å²) < 4.78 is 1.77. The Hall–Kier alpha value is -3.05. The van der Waals surface area contributed by atoms with E-state index >= 15 is 0 Å². The van der Waals surface area contributed by atoms with E-state index in [1.54, 1.807) is 23.0 Å². The summed E-state index contributed by atoms with van der Waals surface area (Å²) in [6, 6.07) is 22.5. The molecule has 0 saturated heterocycles. The molecule has 0 aliphatic rings. The molecule has 0 amide bonds. The van der Waals surface area contributed by atoms with Crippen molar-refractivity contribution in [1.29, 1.82) is 0 Å². The summed E-state index contributed by atoms with van der Waals surface area (Å²) in [5.41, 5.74) is 2.40. The smallest absolute Gasteiger partial charge is 0.287 e. The molecule has 0 saturated carbocycles. The molecule has 1 aromatic heterocycles. The topological polar surface area (TPSA) is 54.1 Å². The maximum absolute atomic E-state index is 12.6. The summed E-state index contributed by atoms with van der Waals surface area (Å²) in [6.45, 7) is 0.237. The first-order chi connectivity index (χ1) is 12.7. The summed E-state index contributed by atoms with van der Waals surface area (Å²) >= 11 is 0. The van der Waals surface area contributed by atoms with Crippen LogP contribution in [0.1, 0.15) is 10.4 Å². The fraction of sp³-hybridized carbons (Fsp3) is 0.0455. The van der Waals surface area contributed by atoms with Crippen LogP contribution in [0.5, 0.6) is 5.75 Å². The normalized spacial score (nSPS) is 10.4. The molecule has 0 unspecified atom stereocenters. The third-order valence-corrected chi connectivity index (χ3v) is 4.33. The van der Waals surface area contributed by atoms with Crippen LogP contribution in [0.15, 0.2) is 85.3 Å². The van der Waals surface area contributed by atoms with E-state index in [2.05, 4.69) is 4.98 Å². The van der Waals surface area contributed by atoms with E-state index < -0.39 is 0 Å². The molecule has 0 aliphatic heterocycles. The van der Waals surface area contributed by atoms with Gasteiger partial charge >= 0.3 is 0 Å². The number of rotatable bonds is 4. The molecule has 0 aliphatic carbocycles. The van der Waals surface area contributed by atoms with Crippen LogP contribution in [-0.2, 0) is 6.54 Å². The monoisotopic (exact) mass is 420 g/mol. The fourth-order valence-corrected chi connectivity index (χ4v) is 2.90. The second-order valence-electron chi connectivity index (χ2n) is 6.15. The van der Waals surface area contributed by atoms with Gasteiger partial charge in [-0.3, -0.25) is 4.79 Å². The number of benzene rings is 3. The number of Topliss-reactive ketones (excluding diaryl/α,β-unsaturated/α-hetero) is 1. The van der Waals surface area contributed by atoms with E-state index in [9.17, 15) is 9.90 Å². The number of phenols is 1. The zero-order chi connectivity index (χ0) is 17.9. The predicted octanol–water partition coefficient (Wildman–Crippen LogP) is 0.782. The lowest BCUT2D eigenvalue weighted by molar-refractivity contribution is -0.686. The number of ketones is 1. The van der Waals surface area contributed by atoms with Gasteiger partial charge in [-0.05, 0) is 46.1 Å². The SMILES string of the molecule is O=C(C[n+]1ccc(-c2ccc(O)cc2)nc1)c1ccc2ccccc2c1.[Br-]. The van der Waals surface area contributed by atoms with Crippen molar-refractivity contribution in [2.75, 3.05) is 0 Å². The number of phenolic OH excluding ortho intramolecular Hbond substituents is 1. The molecule has 1 heterocycles. The summed E-state index contributed by atoms with van der Waals surface area (Å²) in [7, 11) is 0. The number of nitrogens with zero attached hydrogens (tertiary/aromatic N) is 2. The van der Waals surface area contributed by atoms with Crippen LogP contribution in [0.4, 0.5) is 0 Å². The maximum atomic E-state index is 12.6. The van der Waals surface area contributed by atoms with E-state index in [0.717, 1.165) is 22.0 Å². The first kappa shape index (κ1) is 18.7. The van der Waals surface area contributed by atoms with Gasteiger partial charge in [0, 0.05) is 17.2 Å². The van der Waals surface area contributed by atoms with Crippen molar-refractivity contribution < 1.29 is 31.4 Å². The van der Waals surface area contributed by atoms with Crippen molar-refractivity contribution in [2.24, 2.45) is 0 Å². The van der Waals surface area contributed by atoms with Crippen molar-refractivity contribution in [3.63, 3.8) is 0 Å². The largest absolute Gasteiger partial charge is 1.00 e. The number of fused-ring (bicyclic) bond motifs is 1. The Kier molecular flexibility index (Phi) is 5.62. The van der Waals surface area contributed by atoms with Crippen LogP contribution in [-0.4, -0.2) is 15.9 Å². The van der Waals surface area contributed by atoms with Crippen LogP contribution in [0.2, 0.25) is 0 Å². The highest BCUT2D eigenvalue weighted by Gasteiger charge is 2.12. The molecular weight excluding hydrogens is 404 g/mol. The van der Waals surface area contributed by atoms with Gasteiger partial charge in [0.25, 0.3) is 6.33 Å². The molecule has 1 N–H and O–H groups in total. The molecule has 0 fully saturated rings. The van der Waals surface area contributed by atoms with Crippen molar-refractivity contribution in [3.8, 4) is 17.0 Å². The Bertz CT molecular complexity index is 1080. The molecule has 0 atom stereocenters. The Labute approximate surface area is 167 Å². The van der Waals surface area contributed by atoms with Crippen LogP contribution in [0.3, 0.4) is 0 Å². The number of carbonyl (C=O) groups is 1. The van der Waals surface area contributed by atoms with E-state index in [0.29, 0.717) is 5.56 Å². The minimum Gasteiger partial charge on any atom is -1.00 e. The average molecular weight is 421 g/mol. The Morgan fingerprint density at radius 3 is 2.37 bits per heavy atom. The van der Waals surface area contributed by atoms with Gasteiger partial charge in [-0.25, -0.2) is 4.57 Å². The minimum absolute atomic E-state index is 0. The zero-order valence-electron chi connectivity index (χ0n) is 14.4. The van der Waals surface area contributed by atoms with Gasteiger partial charge in [0.1, 0.15) is 5.75 Å². The first-order valence-electron chi connectivity index (χ1n) is 8.35. The third kappa shape index (κ3) is 4.20. The quantitative estimate of drug-likeness (QED) is 0.392. The molecule has 5 heteroatoms. The van der Waals surface area contributed by atoms with Gasteiger partial charge in [-0.15, -0.1) is 0 Å². The summed E-state index contributed by atoms with van der Waals surface area (Å²) in [5.74, 6) is 0.265. The standard InChI is InChI=1S/C22H16N2O2.BrH/c25-20-9-7-17(8-10-20)21-11-12-24(15-23-21)14-22(26)19-6-5-16-3-1-2-4-18(16)13-19;/h1-13,15H,14H2;1H. The molecule has 134 valence electrons. The average Bonchev–Trinajstić information content (AvgIpc) is 2.69. The minimum atomic E-state index is 0. The molecule has 4 nitrogen and oxygen atoms in total. The van der Waals surface area contributed by atoms with Gasteiger partial charge in [0.05, 0.1) is 6.20 Å². The lowest BCUT2D eigenvalue weighted by Gasteiger charge is -2.03. The second kappa shape index (κ2) is 8.10. The van der Waals surface area contributed by atoms with Crippen molar-refractivity contribution in [3.05, 3.63) is 90.9 Å². The fourth-order valence-electron chi connectivity index (χ4n) is 2.90. The van der Waals surface area contributed by atoms with Crippen LogP contribution in [0, 0.1) is 0 Å². The van der Waals surface area contributed by atoms with Gasteiger partial charge in [-0.1, -0.05) is 36.4 Å². The molecule has 0 spiro atoms. The second-order valence-corrected chi connectivity index (χ2v) is 6.15. The summed E-state index contributed by atoms with van der Waals surface area (Å²) in [5, 5.41) is 11.5. The number of carbonyl (C=O) groups excluding carboxylic acids is 1. The molecular formula is C22H17BrN2O2. The summed E-state index contributed by atoms with van der Waals surface area (Å²) in [6.07, 6.45) is 3.50. The van der Waals surface area contributed by atoms with E-state index in [4.69, 9.17) is 0 Å². The number of hydrogen-bond donors (Lipinski definition) is 1. The van der Waals surface area contributed by atoms with Crippen LogP contribution in [0.25, 0.3) is 22.0 Å². The highest BCUT2D eigenvalue weighted by molar-refractivity contribution is 5.99. The molecule has 3 aromatic carbocycles. The van der Waals surface area contributed by atoms with E-state index in [1.807, 2.05) is 66.9 Å². The Balaban J connectivity index is 0.00000210. The van der Waals surface area contributed by atoms with Gasteiger partial charge in [-0.2, -0.15) is 0 Å². The maximum Gasteiger partial charge on any atom is 0.287 e. The third-order valence-electron chi connectivity index (χ3n) is 4.33.